The fourth-order valence-corrected chi connectivity index (χ4v) is 2.05. The molecule has 1 heterocycles. The molecule has 0 aliphatic heterocycles. The second-order valence-electron chi connectivity index (χ2n) is 3.94. The lowest BCUT2D eigenvalue weighted by atomic mass is 9.86. The molecule has 0 radical (unpaired) electrons. The van der Waals surface area contributed by atoms with E-state index in [-0.39, 0.29) is 0 Å². The molecule has 1 unspecified atom stereocenters. The van der Waals surface area contributed by atoms with Crippen molar-refractivity contribution in [3.63, 3.8) is 0 Å². The number of ether oxygens (including phenoxy) is 1. The third kappa shape index (κ3) is 2.35. The highest BCUT2D eigenvalue weighted by Crippen LogP contribution is 2.30. The molecule has 1 aromatic rings. The lowest BCUT2D eigenvalue weighted by Crippen LogP contribution is -2.14. The third-order valence-corrected chi connectivity index (χ3v) is 2.85. The Balaban J connectivity index is 2.17. The highest BCUT2D eigenvalue weighted by atomic mass is 16.5. The van der Waals surface area contributed by atoms with Gasteiger partial charge in [0.25, 0.3) is 0 Å². The van der Waals surface area contributed by atoms with Gasteiger partial charge in [-0.15, -0.1) is 0 Å². The van der Waals surface area contributed by atoms with Crippen LogP contribution >= 0.6 is 0 Å². The fourth-order valence-electron chi connectivity index (χ4n) is 2.05. The molecule has 0 aromatic carbocycles. The van der Waals surface area contributed by atoms with Crippen LogP contribution in [0.1, 0.15) is 37.3 Å². The van der Waals surface area contributed by atoms with Gasteiger partial charge in [-0.25, -0.2) is 4.98 Å². The second-order valence-corrected chi connectivity index (χ2v) is 3.94. The number of nitrogens with zero attached hydrogens (tertiary/aromatic N) is 1. The molecular formula is C12H15NO2. The summed E-state index contributed by atoms with van der Waals surface area (Å²) in [6, 6.07) is 5.74. The number of aromatic nitrogens is 1. The average Bonchev–Trinajstić information content (AvgIpc) is 2.29. The summed E-state index contributed by atoms with van der Waals surface area (Å²) in [5, 5.41) is 0. The number of ketones is 1. The Morgan fingerprint density at radius 3 is 3.07 bits per heavy atom. The molecule has 1 atom stereocenters. The van der Waals surface area contributed by atoms with E-state index in [2.05, 4.69) is 4.98 Å². The summed E-state index contributed by atoms with van der Waals surface area (Å²) < 4.78 is 5.08. The second kappa shape index (κ2) is 4.43. The maximum Gasteiger partial charge on any atom is 0.213 e. The van der Waals surface area contributed by atoms with Crippen molar-refractivity contribution >= 4 is 5.78 Å². The van der Waals surface area contributed by atoms with Gasteiger partial charge in [-0.3, -0.25) is 4.79 Å². The lowest BCUT2D eigenvalue weighted by Gasteiger charge is -2.20. The SMILES string of the molecule is COc1cccc(C2CCCC(=O)C2)n1. The molecule has 1 aromatic heterocycles. The first-order chi connectivity index (χ1) is 7.29. The van der Waals surface area contributed by atoms with Crippen LogP contribution in [0, 0.1) is 0 Å². The molecule has 0 amide bonds. The van der Waals surface area contributed by atoms with E-state index in [9.17, 15) is 4.79 Å². The van der Waals surface area contributed by atoms with E-state index in [4.69, 9.17) is 4.74 Å². The first-order valence-electron chi connectivity index (χ1n) is 5.32. The van der Waals surface area contributed by atoms with Crippen molar-refractivity contribution in [2.24, 2.45) is 0 Å². The van der Waals surface area contributed by atoms with Crippen LogP contribution in [0.2, 0.25) is 0 Å². The Morgan fingerprint density at radius 1 is 1.47 bits per heavy atom. The normalized spacial score (nSPS) is 21.4. The molecule has 0 bridgehead atoms. The van der Waals surface area contributed by atoms with Gasteiger partial charge in [-0.1, -0.05) is 6.07 Å². The number of pyridine rings is 1. The van der Waals surface area contributed by atoms with Crippen molar-refractivity contribution in [3.8, 4) is 5.88 Å². The molecule has 1 aliphatic carbocycles. The molecule has 1 saturated carbocycles. The quantitative estimate of drug-likeness (QED) is 0.743. The van der Waals surface area contributed by atoms with Crippen molar-refractivity contribution in [2.45, 2.75) is 31.6 Å². The zero-order valence-electron chi connectivity index (χ0n) is 8.90. The number of rotatable bonds is 2. The van der Waals surface area contributed by atoms with Gasteiger partial charge in [0.05, 0.1) is 7.11 Å². The highest BCUT2D eigenvalue weighted by molar-refractivity contribution is 5.80. The average molecular weight is 205 g/mol. The van der Waals surface area contributed by atoms with Crippen LogP contribution in [0.4, 0.5) is 0 Å². The van der Waals surface area contributed by atoms with Crippen LogP contribution in [-0.4, -0.2) is 17.9 Å². The smallest absolute Gasteiger partial charge is 0.213 e. The number of carbonyl (C=O) groups excluding carboxylic acids is 1. The van der Waals surface area contributed by atoms with Gasteiger partial charge in [0.15, 0.2) is 0 Å². The van der Waals surface area contributed by atoms with Crippen LogP contribution in [0.5, 0.6) is 5.88 Å². The van der Waals surface area contributed by atoms with Crippen molar-refractivity contribution in [3.05, 3.63) is 23.9 Å². The predicted octanol–water partition coefficient (Wildman–Crippen LogP) is 2.32. The molecular weight excluding hydrogens is 190 g/mol. The van der Waals surface area contributed by atoms with Crippen molar-refractivity contribution in [1.29, 1.82) is 0 Å². The molecule has 0 saturated heterocycles. The first-order valence-corrected chi connectivity index (χ1v) is 5.32. The van der Waals surface area contributed by atoms with Gasteiger partial charge in [0.2, 0.25) is 5.88 Å². The Labute approximate surface area is 89.5 Å². The van der Waals surface area contributed by atoms with E-state index in [0.29, 0.717) is 24.0 Å². The van der Waals surface area contributed by atoms with Crippen molar-refractivity contribution in [1.82, 2.24) is 4.98 Å². The zero-order valence-corrected chi connectivity index (χ0v) is 8.90. The Kier molecular flexibility index (Phi) is 2.99. The standard InChI is InChI=1S/C12H15NO2/c1-15-12-7-3-6-11(13-12)9-4-2-5-10(14)8-9/h3,6-7,9H,2,4-5,8H2,1H3. The van der Waals surface area contributed by atoms with E-state index < -0.39 is 0 Å². The number of hydrogen-bond donors (Lipinski definition) is 0. The van der Waals surface area contributed by atoms with Crippen LogP contribution in [0.15, 0.2) is 18.2 Å². The number of methoxy groups -OCH3 is 1. The minimum atomic E-state index is 0.293. The molecule has 15 heavy (non-hydrogen) atoms. The van der Waals surface area contributed by atoms with Crippen LogP contribution in [0.3, 0.4) is 0 Å². The van der Waals surface area contributed by atoms with E-state index in [1.54, 1.807) is 7.11 Å². The van der Waals surface area contributed by atoms with E-state index in [0.717, 1.165) is 25.0 Å². The topological polar surface area (TPSA) is 39.2 Å². The highest BCUT2D eigenvalue weighted by Gasteiger charge is 2.22. The van der Waals surface area contributed by atoms with Crippen LogP contribution < -0.4 is 4.74 Å². The Bertz CT molecular complexity index is 362. The van der Waals surface area contributed by atoms with Gasteiger partial charge in [-0.05, 0) is 18.9 Å². The van der Waals surface area contributed by atoms with Gasteiger partial charge < -0.3 is 4.74 Å². The minimum absolute atomic E-state index is 0.293. The van der Waals surface area contributed by atoms with E-state index in [1.807, 2.05) is 18.2 Å². The maximum atomic E-state index is 11.3. The van der Waals surface area contributed by atoms with Gasteiger partial charge >= 0.3 is 0 Å². The van der Waals surface area contributed by atoms with Crippen molar-refractivity contribution in [2.75, 3.05) is 7.11 Å². The van der Waals surface area contributed by atoms with Crippen LogP contribution in [0.25, 0.3) is 0 Å². The lowest BCUT2D eigenvalue weighted by molar-refractivity contribution is -0.120. The monoisotopic (exact) mass is 205 g/mol. The minimum Gasteiger partial charge on any atom is -0.481 e. The summed E-state index contributed by atoms with van der Waals surface area (Å²) >= 11 is 0. The van der Waals surface area contributed by atoms with Gasteiger partial charge in [0.1, 0.15) is 5.78 Å². The third-order valence-electron chi connectivity index (χ3n) is 2.85. The molecule has 2 rings (SSSR count). The Hall–Kier alpha value is -1.38. The molecule has 0 N–H and O–H groups in total. The summed E-state index contributed by atoms with van der Waals surface area (Å²) in [6.45, 7) is 0. The van der Waals surface area contributed by atoms with Gasteiger partial charge in [0, 0.05) is 30.5 Å². The largest absolute Gasteiger partial charge is 0.481 e. The molecule has 3 nitrogen and oxygen atoms in total. The van der Waals surface area contributed by atoms with Gasteiger partial charge in [-0.2, -0.15) is 0 Å². The number of carbonyl (C=O) groups is 1. The summed E-state index contributed by atoms with van der Waals surface area (Å²) in [6.07, 6.45) is 3.43. The van der Waals surface area contributed by atoms with E-state index >= 15 is 0 Å². The van der Waals surface area contributed by atoms with Crippen molar-refractivity contribution < 1.29 is 9.53 Å². The zero-order chi connectivity index (χ0) is 10.7. The number of Topliss-reactive ketones (excluding diaryl/α,β-unsaturated/α-hetero) is 1. The summed E-state index contributed by atoms with van der Waals surface area (Å²) in [5.74, 6) is 1.28. The number of hydrogen-bond acceptors (Lipinski definition) is 3. The Morgan fingerprint density at radius 2 is 2.33 bits per heavy atom. The predicted molar refractivity (Wildman–Crippen MR) is 57.0 cm³/mol. The summed E-state index contributed by atoms with van der Waals surface area (Å²) in [5.41, 5.74) is 0.988. The molecule has 80 valence electrons. The molecule has 0 spiro atoms. The van der Waals surface area contributed by atoms with Crippen LogP contribution in [-0.2, 0) is 4.79 Å². The fraction of sp³-hybridized carbons (Fsp3) is 0.500. The van der Waals surface area contributed by atoms with E-state index in [1.165, 1.54) is 0 Å². The maximum absolute atomic E-state index is 11.3. The molecule has 3 heteroatoms. The summed E-state index contributed by atoms with van der Waals surface area (Å²) in [4.78, 5) is 15.7. The molecule has 1 aliphatic rings. The first kappa shape index (κ1) is 10.1. The molecule has 1 fully saturated rings. The summed E-state index contributed by atoms with van der Waals surface area (Å²) in [7, 11) is 1.61.